The van der Waals surface area contributed by atoms with E-state index < -0.39 is 29.9 Å². The van der Waals surface area contributed by atoms with Crippen LogP contribution in [0.25, 0.3) is 0 Å². The molecule has 0 spiro atoms. The van der Waals surface area contributed by atoms with Crippen LogP contribution in [-0.2, 0) is 14.3 Å². The van der Waals surface area contributed by atoms with E-state index in [2.05, 4.69) is 4.74 Å². The zero-order valence-corrected chi connectivity index (χ0v) is 13.2. The maximum Gasteiger partial charge on any atom is 0.575 e. The van der Waals surface area contributed by atoms with Gasteiger partial charge in [0.15, 0.2) is 0 Å². The average Bonchev–Trinajstić information content (AvgIpc) is 2.46. The van der Waals surface area contributed by atoms with E-state index in [9.17, 15) is 22.8 Å². The molecule has 5 nitrogen and oxygen atoms in total. The summed E-state index contributed by atoms with van der Waals surface area (Å²) in [5.41, 5.74) is -0.519. The van der Waals surface area contributed by atoms with Crippen LogP contribution in [-0.4, -0.2) is 42.0 Å². The molecule has 132 valence electrons. The molecule has 0 N–H and O–H groups in total. The number of likely N-dealkylation sites (tertiary alicyclic amines) is 1. The van der Waals surface area contributed by atoms with Crippen LogP contribution in [0.15, 0.2) is 0 Å². The molecule has 23 heavy (non-hydrogen) atoms. The van der Waals surface area contributed by atoms with Gasteiger partial charge in [0.05, 0.1) is 5.92 Å². The van der Waals surface area contributed by atoms with Crippen molar-refractivity contribution >= 4 is 12.1 Å². The molecule has 1 saturated carbocycles. The number of carbonyl (C=O) groups is 2. The molecule has 2 rings (SSSR count). The topological polar surface area (TPSA) is 55.8 Å². The zero-order valence-electron chi connectivity index (χ0n) is 13.2. The predicted molar refractivity (Wildman–Crippen MR) is 74.4 cm³/mol. The average molecular weight is 337 g/mol. The first-order valence-corrected chi connectivity index (χ1v) is 7.96. The van der Waals surface area contributed by atoms with E-state index in [1.165, 1.54) is 4.90 Å². The first-order chi connectivity index (χ1) is 10.7. The lowest BCUT2D eigenvalue weighted by molar-refractivity contribution is -0.308. The van der Waals surface area contributed by atoms with Crippen LogP contribution in [0.4, 0.5) is 18.0 Å². The minimum Gasteiger partial charge on any atom is -0.443 e. The lowest BCUT2D eigenvalue weighted by atomic mass is 9.86. The van der Waals surface area contributed by atoms with Crippen molar-refractivity contribution in [1.29, 1.82) is 0 Å². The molecule has 1 heterocycles. The fraction of sp³-hybridized carbons (Fsp3) is 0.867. The number of amides is 1. The van der Waals surface area contributed by atoms with E-state index >= 15 is 0 Å². The maximum absolute atomic E-state index is 12.3. The molecule has 2 fully saturated rings. The Balaban J connectivity index is 1.89. The molecule has 1 amide bonds. The van der Waals surface area contributed by atoms with Gasteiger partial charge >= 0.3 is 18.4 Å². The van der Waals surface area contributed by atoms with Gasteiger partial charge in [0.1, 0.15) is 5.60 Å². The monoisotopic (exact) mass is 337 g/mol. The summed E-state index contributed by atoms with van der Waals surface area (Å²) in [5, 5.41) is 0. The summed E-state index contributed by atoms with van der Waals surface area (Å²) < 4.78 is 45.4. The highest BCUT2D eigenvalue weighted by Crippen LogP contribution is 2.32. The third-order valence-corrected chi connectivity index (χ3v) is 4.47. The van der Waals surface area contributed by atoms with Crippen molar-refractivity contribution < 1.29 is 32.2 Å². The van der Waals surface area contributed by atoms with Gasteiger partial charge in [-0.15, -0.1) is 13.2 Å². The number of hydrogen-bond donors (Lipinski definition) is 0. The van der Waals surface area contributed by atoms with Crippen molar-refractivity contribution in [2.75, 3.05) is 13.1 Å². The number of rotatable bonds is 2. The van der Waals surface area contributed by atoms with Crippen molar-refractivity contribution in [2.45, 2.75) is 63.8 Å². The van der Waals surface area contributed by atoms with Crippen LogP contribution in [0, 0.1) is 5.92 Å². The molecular weight excluding hydrogens is 315 g/mol. The van der Waals surface area contributed by atoms with Crippen molar-refractivity contribution in [3.8, 4) is 0 Å². The minimum atomic E-state index is -4.99. The lowest BCUT2D eigenvalue weighted by Gasteiger charge is -2.37. The number of nitrogens with zero attached hydrogens (tertiary/aromatic N) is 1. The lowest BCUT2D eigenvalue weighted by Crippen LogP contribution is -2.47. The Morgan fingerprint density at radius 1 is 1.13 bits per heavy atom. The quantitative estimate of drug-likeness (QED) is 0.722. The summed E-state index contributed by atoms with van der Waals surface area (Å²) >= 11 is 0. The van der Waals surface area contributed by atoms with Crippen LogP contribution in [0.2, 0.25) is 0 Å². The highest BCUT2D eigenvalue weighted by Gasteiger charge is 2.40. The Morgan fingerprint density at radius 3 is 2.39 bits per heavy atom. The Bertz CT molecular complexity index is 446. The highest BCUT2D eigenvalue weighted by atomic mass is 19.4. The van der Waals surface area contributed by atoms with Gasteiger partial charge in [-0.1, -0.05) is 6.42 Å². The summed E-state index contributed by atoms with van der Waals surface area (Å²) in [6.45, 7) is 2.16. The molecule has 0 aromatic rings. The van der Waals surface area contributed by atoms with Crippen LogP contribution >= 0.6 is 0 Å². The molecule has 1 aliphatic carbocycles. The molecule has 0 bridgehead atoms. The van der Waals surface area contributed by atoms with Crippen molar-refractivity contribution in [3.05, 3.63) is 0 Å². The molecule has 1 saturated heterocycles. The Labute approximate surface area is 133 Å². The van der Waals surface area contributed by atoms with Crippen molar-refractivity contribution in [1.82, 2.24) is 4.90 Å². The van der Waals surface area contributed by atoms with Gasteiger partial charge in [-0.25, -0.2) is 4.79 Å². The number of ether oxygens (including phenoxy) is 2. The second kappa shape index (κ2) is 6.97. The van der Waals surface area contributed by atoms with Gasteiger partial charge in [0, 0.05) is 13.1 Å². The number of alkyl halides is 3. The second-order valence-corrected chi connectivity index (χ2v) is 6.53. The Morgan fingerprint density at radius 2 is 1.78 bits per heavy atom. The normalized spacial score (nSPS) is 24.9. The van der Waals surface area contributed by atoms with Crippen molar-refractivity contribution in [2.24, 2.45) is 5.92 Å². The number of carbonyl (C=O) groups excluding carboxylic acids is 2. The smallest absolute Gasteiger partial charge is 0.443 e. The van der Waals surface area contributed by atoms with Gasteiger partial charge in [0.2, 0.25) is 0 Å². The number of halogens is 3. The van der Waals surface area contributed by atoms with Gasteiger partial charge in [-0.3, -0.25) is 4.79 Å². The van der Waals surface area contributed by atoms with Gasteiger partial charge < -0.3 is 14.4 Å². The van der Waals surface area contributed by atoms with Gasteiger partial charge in [-0.05, 0) is 45.4 Å². The molecule has 1 aliphatic heterocycles. The Kier molecular flexibility index (Phi) is 5.41. The first-order valence-electron chi connectivity index (χ1n) is 7.96. The number of piperidine rings is 1. The number of esters is 1. The molecular formula is C15H22F3NO4. The zero-order chi connectivity index (χ0) is 17.1. The van der Waals surface area contributed by atoms with E-state index in [1.54, 1.807) is 0 Å². The molecule has 1 unspecified atom stereocenters. The molecule has 0 radical (unpaired) electrons. The van der Waals surface area contributed by atoms with Crippen molar-refractivity contribution in [3.63, 3.8) is 0 Å². The van der Waals surface area contributed by atoms with E-state index in [0.29, 0.717) is 13.0 Å². The predicted octanol–water partition coefficient (Wildman–Crippen LogP) is 3.62. The third-order valence-electron chi connectivity index (χ3n) is 4.47. The largest absolute Gasteiger partial charge is 0.575 e. The first kappa shape index (κ1) is 17.9. The molecule has 1 atom stereocenters. The SMILES string of the molecule is CC1(OC(=O)N2CCCC(C(=O)OC(F)(F)F)C2)CCCCC1. The molecule has 0 aromatic heterocycles. The number of hydrogen-bond acceptors (Lipinski definition) is 4. The van der Waals surface area contributed by atoms with Gasteiger partial charge in [0.25, 0.3) is 0 Å². The van der Waals surface area contributed by atoms with Gasteiger partial charge in [-0.2, -0.15) is 0 Å². The van der Waals surface area contributed by atoms with E-state index in [-0.39, 0.29) is 13.0 Å². The summed E-state index contributed by atoms with van der Waals surface area (Å²) in [6, 6.07) is 0. The van der Waals surface area contributed by atoms with E-state index in [0.717, 1.165) is 32.1 Å². The maximum atomic E-state index is 12.3. The van der Waals surface area contributed by atoms with Crippen LogP contribution in [0.5, 0.6) is 0 Å². The molecule has 8 heteroatoms. The summed E-state index contributed by atoms with van der Waals surface area (Å²) in [7, 11) is 0. The second-order valence-electron chi connectivity index (χ2n) is 6.53. The summed E-state index contributed by atoms with van der Waals surface area (Å²) in [4.78, 5) is 25.1. The standard InChI is InChI=1S/C15H22F3NO4/c1-14(7-3-2-4-8-14)23-13(21)19-9-5-6-11(10-19)12(20)22-15(16,17)18/h11H,2-10H2,1H3. The highest BCUT2D eigenvalue weighted by molar-refractivity contribution is 5.75. The molecule has 0 aromatic carbocycles. The van der Waals surface area contributed by atoms with E-state index in [4.69, 9.17) is 4.74 Å². The fourth-order valence-electron chi connectivity index (χ4n) is 3.21. The van der Waals surface area contributed by atoms with Crippen LogP contribution in [0.1, 0.15) is 51.9 Å². The third kappa shape index (κ3) is 5.28. The Hall–Kier alpha value is -1.47. The fourth-order valence-corrected chi connectivity index (χ4v) is 3.21. The summed E-state index contributed by atoms with van der Waals surface area (Å²) in [5.74, 6) is -2.30. The summed E-state index contributed by atoms with van der Waals surface area (Å²) in [6.07, 6.45) is -0.164. The minimum absolute atomic E-state index is 0.0934. The van der Waals surface area contributed by atoms with Crippen LogP contribution < -0.4 is 0 Å². The van der Waals surface area contributed by atoms with Crippen LogP contribution in [0.3, 0.4) is 0 Å². The van der Waals surface area contributed by atoms with E-state index in [1.807, 2.05) is 6.92 Å². The molecule has 2 aliphatic rings.